The van der Waals surface area contributed by atoms with Gasteiger partial charge < -0.3 is 24.3 Å². The number of aromatic nitrogens is 1. The molecule has 2 atom stereocenters. The number of carboxylic acids is 1. The quantitative estimate of drug-likeness (QED) is 0.440. The Morgan fingerprint density at radius 2 is 1.86 bits per heavy atom. The van der Waals surface area contributed by atoms with Crippen molar-refractivity contribution in [3.8, 4) is 11.4 Å². The number of carbonyl (C=O) groups is 1. The number of aromatic hydroxyl groups is 1. The molecule has 6 nitrogen and oxygen atoms in total. The van der Waals surface area contributed by atoms with Gasteiger partial charge in [0.25, 0.3) is 0 Å². The molecule has 0 saturated carbocycles. The topological polar surface area (TPSA) is 80.9 Å². The second-order valence-corrected chi connectivity index (χ2v) is 11.0. The molecule has 0 bridgehead atoms. The summed E-state index contributed by atoms with van der Waals surface area (Å²) in [6.45, 7) is 5.29. The molecule has 0 amide bonds. The van der Waals surface area contributed by atoms with E-state index in [9.17, 15) is 23.8 Å². The highest BCUT2D eigenvalue weighted by Crippen LogP contribution is 2.51. The standard InChI is InChI=1S/C29H33F2NO5/c1-28(2)16-36-14-5-3-4-12-29(13-11-23(27(34)35)37-17-29)25-24-21(7-6-8-22(24)33)32(26(25)28)18-9-10-19(30)20(31)15-18/h6-10,15,23,33H,3-5,11-14,16-17H2,1-2H3,(H,34,35). The molecule has 1 spiro atoms. The summed E-state index contributed by atoms with van der Waals surface area (Å²) >= 11 is 0. The first-order chi connectivity index (χ1) is 17.6. The second kappa shape index (κ2) is 9.72. The van der Waals surface area contributed by atoms with Crippen molar-refractivity contribution in [2.45, 2.75) is 69.3 Å². The monoisotopic (exact) mass is 513 g/mol. The average molecular weight is 514 g/mol. The summed E-state index contributed by atoms with van der Waals surface area (Å²) in [7, 11) is 0. The number of rotatable bonds is 2. The second-order valence-electron chi connectivity index (χ2n) is 11.0. The Labute approximate surface area is 214 Å². The number of fused-ring (bicyclic) bond motifs is 4. The first-order valence-corrected chi connectivity index (χ1v) is 12.9. The van der Waals surface area contributed by atoms with Crippen LogP contribution in [-0.4, -0.2) is 46.7 Å². The van der Waals surface area contributed by atoms with Crippen LogP contribution in [0.1, 0.15) is 63.6 Å². The molecule has 5 rings (SSSR count). The van der Waals surface area contributed by atoms with E-state index in [1.54, 1.807) is 12.1 Å². The summed E-state index contributed by atoms with van der Waals surface area (Å²) in [5.41, 5.74) is 1.66. The molecule has 2 aromatic carbocycles. The number of hydrogen-bond acceptors (Lipinski definition) is 4. The molecule has 3 heterocycles. The maximum Gasteiger partial charge on any atom is 0.332 e. The van der Waals surface area contributed by atoms with Gasteiger partial charge in [0.2, 0.25) is 0 Å². The van der Waals surface area contributed by atoms with Crippen molar-refractivity contribution in [1.82, 2.24) is 4.57 Å². The van der Waals surface area contributed by atoms with Crippen LogP contribution in [0.4, 0.5) is 8.78 Å². The molecule has 1 fully saturated rings. The number of halogens is 2. The average Bonchev–Trinajstić information content (AvgIpc) is 3.22. The molecule has 1 aromatic heterocycles. The zero-order valence-corrected chi connectivity index (χ0v) is 21.2. The molecule has 1 saturated heterocycles. The number of phenolic OH excluding ortho intramolecular Hbond substituents is 1. The van der Waals surface area contributed by atoms with E-state index in [2.05, 4.69) is 0 Å². The maximum absolute atomic E-state index is 14.5. The predicted octanol–water partition coefficient (Wildman–Crippen LogP) is 5.98. The Balaban J connectivity index is 1.86. The van der Waals surface area contributed by atoms with E-state index in [0.717, 1.165) is 43.0 Å². The lowest BCUT2D eigenvalue weighted by Gasteiger charge is -2.42. The molecule has 3 aromatic rings. The molecule has 2 N–H and O–H groups in total. The first kappa shape index (κ1) is 25.7. The summed E-state index contributed by atoms with van der Waals surface area (Å²) in [6, 6.07) is 9.05. The van der Waals surface area contributed by atoms with E-state index < -0.39 is 34.5 Å². The zero-order chi connectivity index (χ0) is 26.4. The third-order valence-corrected chi connectivity index (χ3v) is 7.93. The normalized spacial score (nSPS) is 24.5. The van der Waals surface area contributed by atoms with Crippen LogP contribution < -0.4 is 0 Å². The van der Waals surface area contributed by atoms with Crippen molar-refractivity contribution in [1.29, 1.82) is 0 Å². The third kappa shape index (κ3) is 4.50. The Hall–Kier alpha value is -2.97. The molecule has 2 aliphatic heterocycles. The van der Waals surface area contributed by atoms with Crippen LogP contribution in [0, 0.1) is 11.6 Å². The summed E-state index contributed by atoms with van der Waals surface area (Å²) < 4.78 is 42.4. The van der Waals surface area contributed by atoms with Crippen molar-refractivity contribution in [3.05, 3.63) is 59.3 Å². The van der Waals surface area contributed by atoms with Crippen LogP contribution in [0.5, 0.6) is 5.75 Å². The number of phenols is 1. The van der Waals surface area contributed by atoms with Crippen LogP contribution in [0.3, 0.4) is 0 Å². The SMILES string of the molecule is CC1(C)COCCCCCC2(CCC(C(=O)O)OC2)c2c1n(-c1ccc(F)c(F)c1)c1cccc(O)c21. The minimum absolute atomic E-state index is 0.0846. The number of hydrogen-bond donors (Lipinski definition) is 2. The minimum Gasteiger partial charge on any atom is -0.507 e. The summed E-state index contributed by atoms with van der Waals surface area (Å²) in [5.74, 6) is -2.79. The Kier molecular flexibility index (Phi) is 6.75. The predicted molar refractivity (Wildman–Crippen MR) is 135 cm³/mol. The highest BCUT2D eigenvalue weighted by Gasteiger charge is 2.46. The minimum atomic E-state index is -0.979. The van der Waals surface area contributed by atoms with E-state index >= 15 is 0 Å². The van der Waals surface area contributed by atoms with Crippen molar-refractivity contribution in [3.63, 3.8) is 0 Å². The largest absolute Gasteiger partial charge is 0.507 e. The van der Waals surface area contributed by atoms with Gasteiger partial charge in [-0.3, -0.25) is 0 Å². The van der Waals surface area contributed by atoms with E-state index in [4.69, 9.17) is 9.47 Å². The number of ether oxygens (including phenoxy) is 2. The van der Waals surface area contributed by atoms with Gasteiger partial charge in [-0.15, -0.1) is 0 Å². The summed E-state index contributed by atoms with van der Waals surface area (Å²) in [5, 5.41) is 21.5. The molecule has 198 valence electrons. The van der Waals surface area contributed by atoms with Crippen LogP contribution in [0.15, 0.2) is 36.4 Å². The van der Waals surface area contributed by atoms with Crippen LogP contribution in [0.2, 0.25) is 0 Å². The molecule has 8 heteroatoms. The van der Waals surface area contributed by atoms with Crippen molar-refractivity contribution >= 4 is 16.9 Å². The molecule has 0 radical (unpaired) electrons. The lowest BCUT2D eigenvalue weighted by atomic mass is 9.68. The molecule has 0 aliphatic carbocycles. The van der Waals surface area contributed by atoms with Gasteiger partial charge in [-0.25, -0.2) is 13.6 Å². The lowest BCUT2D eigenvalue weighted by Crippen LogP contribution is -2.44. The Bertz CT molecular complexity index is 1320. The van der Waals surface area contributed by atoms with E-state index in [1.807, 2.05) is 24.5 Å². The maximum atomic E-state index is 14.5. The van der Waals surface area contributed by atoms with Gasteiger partial charge in [0.15, 0.2) is 17.7 Å². The van der Waals surface area contributed by atoms with Gasteiger partial charge in [0, 0.05) is 40.3 Å². The summed E-state index contributed by atoms with van der Waals surface area (Å²) in [6.07, 6.45) is 3.52. The Morgan fingerprint density at radius 3 is 2.57 bits per heavy atom. The van der Waals surface area contributed by atoms with Crippen molar-refractivity contribution in [2.75, 3.05) is 19.8 Å². The number of benzene rings is 2. The van der Waals surface area contributed by atoms with Crippen molar-refractivity contribution < 1.29 is 33.3 Å². The van der Waals surface area contributed by atoms with Crippen LogP contribution >= 0.6 is 0 Å². The van der Waals surface area contributed by atoms with Crippen LogP contribution in [0.25, 0.3) is 16.6 Å². The molecule has 2 unspecified atom stereocenters. The highest BCUT2D eigenvalue weighted by atomic mass is 19.2. The fourth-order valence-corrected chi connectivity index (χ4v) is 6.15. The van der Waals surface area contributed by atoms with Crippen LogP contribution in [-0.2, 0) is 25.1 Å². The van der Waals surface area contributed by atoms with Gasteiger partial charge in [-0.1, -0.05) is 32.8 Å². The highest BCUT2D eigenvalue weighted by molar-refractivity contribution is 5.94. The molecular formula is C29H33F2NO5. The van der Waals surface area contributed by atoms with Gasteiger partial charge in [0.1, 0.15) is 5.75 Å². The third-order valence-electron chi connectivity index (χ3n) is 7.93. The fourth-order valence-electron chi connectivity index (χ4n) is 6.15. The number of aliphatic carboxylic acids is 1. The van der Waals surface area contributed by atoms with Gasteiger partial charge >= 0.3 is 5.97 Å². The van der Waals surface area contributed by atoms with Gasteiger partial charge in [0.05, 0.1) is 18.7 Å². The van der Waals surface area contributed by atoms with Gasteiger partial charge in [-0.05, 0) is 55.5 Å². The zero-order valence-electron chi connectivity index (χ0n) is 21.2. The Morgan fingerprint density at radius 1 is 1.05 bits per heavy atom. The van der Waals surface area contributed by atoms with Gasteiger partial charge in [-0.2, -0.15) is 0 Å². The molecule has 37 heavy (non-hydrogen) atoms. The number of carboxylic acid groups (broad SMARTS) is 1. The first-order valence-electron chi connectivity index (χ1n) is 12.9. The van der Waals surface area contributed by atoms with E-state index in [0.29, 0.717) is 42.6 Å². The van der Waals surface area contributed by atoms with E-state index in [-0.39, 0.29) is 12.4 Å². The smallest absolute Gasteiger partial charge is 0.332 e. The number of nitrogens with zero attached hydrogens (tertiary/aromatic N) is 1. The van der Waals surface area contributed by atoms with E-state index in [1.165, 1.54) is 12.1 Å². The lowest BCUT2D eigenvalue weighted by molar-refractivity contribution is -0.156. The molecule has 2 aliphatic rings. The fraction of sp³-hybridized carbons (Fsp3) is 0.483. The van der Waals surface area contributed by atoms with Crippen molar-refractivity contribution in [2.24, 2.45) is 0 Å². The molecular weight excluding hydrogens is 480 g/mol. The summed E-state index contributed by atoms with van der Waals surface area (Å²) in [4.78, 5) is 11.7.